The second kappa shape index (κ2) is 8.35. The first-order valence-electron chi connectivity index (χ1n) is 8.73. The molecule has 1 heterocycles. The summed E-state index contributed by atoms with van der Waals surface area (Å²) in [6, 6.07) is 9.05. The molecule has 2 aromatic rings. The van der Waals surface area contributed by atoms with Crippen LogP contribution in [0.2, 0.25) is 0 Å². The fourth-order valence-electron chi connectivity index (χ4n) is 3.44. The Labute approximate surface area is 156 Å². The van der Waals surface area contributed by atoms with Gasteiger partial charge in [0, 0.05) is 17.7 Å². The van der Waals surface area contributed by atoms with Crippen molar-refractivity contribution in [1.82, 2.24) is 4.90 Å². The number of carbonyl (C=O) groups excluding carboxylic acids is 1. The third kappa shape index (κ3) is 4.19. The van der Waals surface area contributed by atoms with Crippen LogP contribution in [0, 0.1) is 11.6 Å². The number of nitrogens with one attached hydrogen (secondary N) is 1. The average molecular weight is 376 g/mol. The zero-order valence-corrected chi connectivity index (χ0v) is 15.3. The first-order valence-corrected chi connectivity index (χ1v) is 8.73. The highest BCUT2D eigenvalue weighted by atomic mass is 19.1. The minimum absolute atomic E-state index is 0.0120. The van der Waals surface area contributed by atoms with Crippen LogP contribution < -0.4 is 14.8 Å². The van der Waals surface area contributed by atoms with Gasteiger partial charge in [0.25, 0.3) is 0 Å². The topological polar surface area (TPSA) is 50.8 Å². The summed E-state index contributed by atoms with van der Waals surface area (Å²) in [5, 5.41) is 2.34. The predicted molar refractivity (Wildman–Crippen MR) is 98.1 cm³/mol. The highest BCUT2D eigenvalue weighted by Crippen LogP contribution is 2.38. The van der Waals surface area contributed by atoms with E-state index in [1.165, 1.54) is 6.07 Å². The summed E-state index contributed by atoms with van der Waals surface area (Å²) < 4.78 is 38.2. The molecule has 0 spiro atoms. The van der Waals surface area contributed by atoms with Gasteiger partial charge < -0.3 is 14.8 Å². The lowest BCUT2D eigenvalue weighted by atomic mass is 10.0. The molecule has 0 bridgehead atoms. The number of nitrogens with zero attached hydrogens (tertiary/aromatic N) is 1. The Bertz CT molecular complexity index is 809. The summed E-state index contributed by atoms with van der Waals surface area (Å²) in [6.45, 7) is 0.751. The van der Waals surface area contributed by atoms with Gasteiger partial charge in [0.2, 0.25) is 5.91 Å². The first kappa shape index (κ1) is 19.1. The molecule has 1 atom stereocenters. The molecule has 0 aromatic heterocycles. The van der Waals surface area contributed by atoms with Gasteiger partial charge in [-0.2, -0.15) is 0 Å². The number of hydrogen-bond acceptors (Lipinski definition) is 4. The van der Waals surface area contributed by atoms with E-state index in [1.807, 2.05) is 17.0 Å². The summed E-state index contributed by atoms with van der Waals surface area (Å²) in [7, 11) is 3.17. The van der Waals surface area contributed by atoms with Crippen LogP contribution in [0.3, 0.4) is 0 Å². The van der Waals surface area contributed by atoms with Crippen molar-refractivity contribution in [1.29, 1.82) is 0 Å². The molecule has 144 valence electrons. The summed E-state index contributed by atoms with van der Waals surface area (Å²) in [4.78, 5) is 14.4. The van der Waals surface area contributed by atoms with Gasteiger partial charge in [0.15, 0.2) is 0 Å². The molecule has 27 heavy (non-hydrogen) atoms. The van der Waals surface area contributed by atoms with Gasteiger partial charge >= 0.3 is 0 Å². The van der Waals surface area contributed by atoms with Gasteiger partial charge in [-0.25, -0.2) is 8.78 Å². The Morgan fingerprint density at radius 1 is 1.19 bits per heavy atom. The van der Waals surface area contributed by atoms with Gasteiger partial charge in [-0.15, -0.1) is 0 Å². The van der Waals surface area contributed by atoms with Crippen molar-refractivity contribution in [3.8, 4) is 11.5 Å². The van der Waals surface area contributed by atoms with Crippen molar-refractivity contribution in [3.63, 3.8) is 0 Å². The summed E-state index contributed by atoms with van der Waals surface area (Å²) >= 11 is 0. The minimum atomic E-state index is -0.793. The van der Waals surface area contributed by atoms with E-state index in [9.17, 15) is 13.6 Å². The van der Waals surface area contributed by atoms with E-state index in [0.29, 0.717) is 18.0 Å². The average Bonchev–Trinajstić information content (AvgIpc) is 3.12. The lowest BCUT2D eigenvalue weighted by Gasteiger charge is -2.26. The number of ether oxygens (including phenoxy) is 2. The molecule has 1 aliphatic heterocycles. The normalized spacial score (nSPS) is 17.0. The third-order valence-corrected chi connectivity index (χ3v) is 4.74. The fourth-order valence-corrected chi connectivity index (χ4v) is 3.44. The number of methoxy groups -OCH3 is 2. The Hall–Kier alpha value is -2.67. The molecule has 7 heteroatoms. The zero-order valence-electron chi connectivity index (χ0n) is 15.3. The van der Waals surface area contributed by atoms with Gasteiger partial charge in [-0.05, 0) is 37.6 Å². The summed E-state index contributed by atoms with van der Waals surface area (Å²) in [6.07, 6.45) is 1.78. The molecule has 2 aromatic carbocycles. The molecule has 0 aliphatic carbocycles. The lowest BCUT2D eigenvalue weighted by molar-refractivity contribution is -0.117. The van der Waals surface area contributed by atoms with Crippen LogP contribution in [-0.2, 0) is 4.79 Å². The van der Waals surface area contributed by atoms with Crippen LogP contribution in [0.1, 0.15) is 24.4 Å². The maximum atomic E-state index is 13.7. The molecular formula is C20H22F2N2O3. The van der Waals surface area contributed by atoms with E-state index in [0.717, 1.165) is 30.5 Å². The zero-order chi connectivity index (χ0) is 19.4. The van der Waals surface area contributed by atoms with Crippen LogP contribution in [0.5, 0.6) is 11.5 Å². The Morgan fingerprint density at radius 2 is 1.93 bits per heavy atom. The van der Waals surface area contributed by atoms with Crippen molar-refractivity contribution in [2.45, 2.75) is 18.9 Å². The van der Waals surface area contributed by atoms with Crippen molar-refractivity contribution >= 4 is 11.6 Å². The number of carbonyl (C=O) groups is 1. The molecule has 0 radical (unpaired) electrons. The minimum Gasteiger partial charge on any atom is -0.497 e. The molecular weight excluding hydrogens is 354 g/mol. The highest BCUT2D eigenvalue weighted by molar-refractivity contribution is 5.92. The van der Waals surface area contributed by atoms with E-state index in [4.69, 9.17) is 9.47 Å². The lowest BCUT2D eigenvalue weighted by Crippen LogP contribution is -2.33. The largest absolute Gasteiger partial charge is 0.497 e. The number of anilines is 1. The van der Waals surface area contributed by atoms with Crippen molar-refractivity contribution in [2.24, 2.45) is 0 Å². The predicted octanol–water partition coefficient (Wildman–Crippen LogP) is 3.76. The number of amides is 1. The molecule has 1 amide bonds. The van der Waals surface area contributed by atoms with E-state index < -0.39 is 23.2 Å². The molecule has 0 saturated carbocycles. The van der Waals surface area contributed by atoms with E-state index in [2.05, 4.69) is 5.32 Å². The SMILES string of the molecule is COc1ccc([C@H]2CCCN2CC(=O)Nc2c(F)cccc2F)c(OC)c1. The molecule has 0 unspecified atom stereocenters. The number of para-hydroxylation sites is 1. The Kier molecular flexibility index (Phi) is 5.91. The second-order valence-electron chi connectivity index (χ2n) is 6.38. The standard InChI is InChI=1S/C20H22F2N2O3/c1-26-13-8-9-14(18(11-13)27-2)17-7-4-10-24(17)12-19(25)23-20-15(21)5-3-6-16(20)22/h3,5-6,8-9,11,17H,4,7,10,12H2,1-2H3,(H,23,25)/t17-/m1/s1. The number of rotatable bonds is 6. The molecule has 1 aliphatic rings. The van der Waals surface area contributed by atoms with Gasteiger partial charge in [-0.3, -0.25) is 9.69 Å². The number of benzene rings is 2. The molecule has 5 nitrogen and oxygen atoms in total. The van der Waals surface area contributed by atoms with Crippen LogP contribution in [-0.4, -0.2) is 38.1 Å². The summed E-state index contributed by atoms with van der Waals surface area (Å²) in [5.74, 6) is -0.672. The molecule has 3 rings (SSSR count). The number of likely N-dealkylation sites (tertiary alicyclic amines) is 1. The van der Waals surface area contributed by atoms with Gasteiger partial charge in [-0.1, -0.05) is 12.1 Å². The maximum Gasteiger partial charge on any atom is 0.238 e. The fraction of sp³-hybridized carbons (Fsp3) is 0.350. The Morgan fingerprint density at radius 3 is 2.59 bits per heavy atom. The smallest absolute Gasteiger partial charge is 0.238 e. The quantitative estimate of drug-likeness (QED) is 0.834. The molecule has 1 N–H and O–H groups in total. The van der Waals surface area contributed by atoms with Crippen molar-refractivity contribution in [2.75, 3.05) is 32.6 Å². The first-order chi connectivity index (χ1) is 13.0. The van der Waals surface area contributed by atoms with Gasteiger partial charge in [0.1, 0.15) is 28.8 Å². The highest BCUT2D eigenvalue weighted by Gasteiger charge is 2.30. The van der Waals surface area contributed by atoms with Crippen LogP contribution in [0.4, 0.5) is 14.5 Å². The number of halogens is 2. The third-order valence-electron chi connectivity index (χ3n) is 4.74. The number of hydrogen-bond donors (Lipinski definition) is 1. The van der Waals surface area contributed by atoms with Gasteiger partial charge in [0.05, 0.1) is 20.8 Å². The van der Waals surface area contributed by atoms with E-state index in [1.54, 1.807) is 20.3 Å². The van der Waals surface area contributed by atoms with Crippen molar-refractivity contribution in [3.05, 3.63) is 53.6 Å². The van der Waals surface area contributed by atoms with Crippen molar-refractivity contribution < 1.29 is 23.0 Å². The monoisotopic (exact) mass is 376 g/mol. The second-order valence-corrected chi connectivity index (χ2v) is 6.38. The van der Waals surface area contributed by atoms with E-state index >= 15 is 0 Å². The summed E-state index contributed by atoms with van der Waals surface area (Å²) in [5.41, 5.74) is 0.543. The Balaban J connectivity index is 1.74. The van der Waals surface area contributed by atoms with Crippen LogP contribution in [0.25, 0.3) is 0 Å². The van der Waals surface area contributed by atoms with Crippen LogP contribution in [0.15, 0.2) is 36.4 Å². The molecule has 1 fully saturated rings. The van der Waals surface area contributed by atoms with E-state index in [-0.39, 0.29) is 12.6 Å². The molecule has 1 saturated heterocycles. The maximum absolute atomic E-state index is 13.7. The van der Waals surface area contributed by atoms with Crippen LogP contribution >= 0.6 is 0 Å².